The van der Waals surface area contributed by atoms with Gasteiger partial charge in [0.2, 0.25) is 0 Å². The fraction of sp³-hybridized carbons (Fsp3) is 0.118. The molecule has 6 nitrogen and oxygen atoms in total. The maximum absolute atomic E-state index is 13.0. The van der Waals surface area contributed by atoms with Crippen LogP contribution in [0.2, 0.25) is 0 Å². The van der Waals surface area contributed by atoms with Crippen molar-refractivity contribution in [2.24, 2.45) is 0 Å². The molecule has 128 valence electrons. The smallest absolute Gasteiger partial charge is 0.356 e. The van der Waals surface area contributed by atoms with E-state index in [-0.39, 0.29) is 29.8 Å². The normalized spacial score (nSPS) is 10.6. The Kier molecular flexibility index (Phi) is 4.62. The third kappa shape index (κ3) is 3.92. The molecule has 3 rings (SSSR count). The van der Waals surface area contributed by atoms with Crippen molar-refractivity contribution in [1.29, 1.82) is 0 Å². The van der Waals surface area contributed by atoms with Gasteiger partial charge in [-0.15, -0.1) is 11.3 Å². The molecule has 0 aliphatic carbocycles. The van der Waals surface area contributed by atoms with Gasteiger partial charge in [0.25, 0.3) is 5.91 Å². The topological polar surface area (TPSA) is 84.2 Å². The van der Waals surface area contributed by atoms with Crippen molar-refractivity contribution >= 4 is 29.0 Å². The summed E-state index contributed by atoms with van der Waals surface area (Å²) >= 11 is 1.34. The van der Waals surface area contributed by atoms with Crippen LogP contribution in [0, 0.1) is 12.7 Å². The molecule has 0 saturated carbocycles. The molecule has 0 saturated heterocycles. The van der Waals surface area contributed by atoms with Gasteiger partial charge in [0.15, 0.2) is 5.69 Å². The second kappa shape index (κ2) is 6.86. The predicted molar refractivity (Wildman–Crippen MR) is 91.7 cm³/mol. The van der Waals surface area contributed by atoms with Crippen molar-refractivity contribution in [2.75, 3.05) is 5.32 Å². The molecule has 0 radical (unpaired) electrons. The van der Waals surface area contributed by atoms with Gasteiger partial charge in [0.1, 0.15) is 11.6 Å². The standard InChI is InChI=1S/C17H14FN3O3S/c1-10-2-7-14(25-10)16(22)19-15-8-13(17(23)24)20-21(15)9-11-3-5-12(18)6-4-11/h2-8H,9H2,1H3,(H,19,22)(H,23,24). The molecule has 8 heteroatoms. The van der Waals surface area contributed by atoms with Crippen LogP contribution >= 0.6 is 11.3 Å². The largest absolute Gasteiger partial charge is 0.476 e. The fourth-order valence-corrected chi connectivity index (χ4v) is 3.00. The minimum atomic E-state index is -1.19. The number of carboxylic acid groups (broad SMARTS) is 1. The van der Waals surface area contributed by atoms with Crippen LogP contribution in [0.3, 0.4) is 0 Å². The highest BCUT2D eigenvalue weighted by atomic mass is 32.1. The molecule has 0 fully saturated rings. The lowest BCUT2D eigenvalue weighted by molar-refractivity contribution is 0.0689. The van der Waals surface area contributed by atoms with Crippen LogP contribution in [0.5, 0.6) is 0 Å². The van der Waals surface area contributed by atoms with Crippen LogP contribution in [0.4, 0.5) is 10.2 Å². The zero-order valence-corrected chi connectivity index (χ0v) is 14.0. The zero-order chi connectivity index (χ0) is 18.0. The molecule has 0 aliphatic heterocycles. The third-order valence-corrected chi connectivity index (χ3v) is 4.45. The number of anilines is 1. The van der Waals surface area contributed by atoms with E-state index in [4.69, 9.17) is 5.11 Å². The van der Waals surface area contributed by atoms with E-state index in [1.165, 1.54) is 34.2 Å². The van der Waals surface area contributed by atoms with Crippen molar-refractivity contribution in [3.8, 4) is 0 Å². The molecule has 0 unspecified atom stereocenters. The van der Waals surface area contributed by atoms with E-state index in [0.717, 1.165) is 10.4 Å². The SMILES string of the molecule is Cc1ccc(C(=O)Nc2cc(C(=O)O)nn2Cc2ccc(F)cc2)s1. The molecule has 2 aromatic heterocycles. The second-order valence-corrected chi connectivity index (χ2v) is 6.66. The first-order chi connectivity index (χ1) is 11.9. The van der Waals surface area contributed by atoms with Crippen molar-refractivity contribution < 1.29 is 19.1 Å². The Morgan fingerprint density at radius 1 is 1.24 bits per heavy atom. The van der Waals surface area contributed by atoms with Crippen LogP contribution in [0.1, 0.15) is 30.6 Å². The van der Waals surface area contributed by atoms with E-state index < -0.39 is 5.97 Å². The van der Waals surface area contributed by atoms with Gasteiger partial charge < -0.3 is 10.4 Å². The minimum Gasteiger partial charge on any atom is -0.476 e. The van der Waals surface area contributed by atoms with E-state index in [2.05, 4.69) is 10.4 Å². The number of benzene rings is 1. The average molecular weight is 359 g/mol. The molecule has 0 atom stereocenters. The maximum Gasteiger partial charge on any atom is 0.356 e. The fourth-order valence-electron chi connectivity index (χ4n) is 2.24. The molecule has 2 heterocycles. The monoisotopic (exact) mass is 359 g/mol. The van der Waals surface area contributed by atoms with Crippen LogP contribution in [0.25, 0.3) is 0 Å². The van der Waals surface area contributed by atoms with Crippen molar-refractivity contribution in [1.82, 2.24) is 9.78 Å². The Bertz CT molecular complexity index is 931. The van der Waals surface area contributed by atoms with Crippen molar-refractivity contribution in [3.05, 3.63) is 69.3 Å². The Labute approximate surface area is 146 Å². The lowest BCUT2D eigenvalue weighted by Gasteiger charge is -2.08. The molecular formula is C17H14FN3O3S. The van der Waals surface area contributed by atoms with Gasteiger partial charge in [-0.3, -0.25) is 4.79 Å². The highest BCUT2D eigenvalue weighted by molar-refractivity contribution is 7.14. The zero-order valence-electron chi connectivity index (χ0n) is 13.2. The van der Waals surface area contributed by atoms with Gasteiger partial charge in [0.05, 0.1) is 11.4 Å². The number of carbonyl (C=O) groups is 2. The summed E-state index contributed by atoms with van der Waals surface area (Å²) in [4.78, 5) is 25.0. The number of aromatic carboxylic acids is 1. The number of thiophene rings is 1. The molecule has 2 N–H and O–H groups in total. The maximum atomic E-state index is 13.0. The van der Waals surface area contributed by atoms with Gasteiger partial charge in [-0.2, -0.15) is 5.10 Å². The number of halogens is 1. The number of carbonyl (C=O) groups excluding carboxylic acids is 1. The Morgan fingerprint density at radius 2 is 1.96 bits per heavy atom. The predicted octanol–water partition coefficient (Wildman–Crippen LogP) is 3.39. The quantitative estimate of drug-likeness (QED) is 0.731. The van der Waals surface area contributed by atoms with Crippen LogP contribution < -0.4 is 5.32 Å². The first-order valence-electron chi connectivity index (χ1n) is 7.36. The summed E-state index contributed by atoms with van der Waals surface area (Å²) < 4.78 is 14.4. The summed E-state index contributed by atoms with van der Waals surface area (Å²) in [5.41, 5.74) is 0.545. The molecule has 3 aromatic rings. The lowest BCUT2D eigenvalue weighted by Crippen LogP contribution is -2.15. The van der Waals surface area contributed by atoms with Gasteiger partial charge in [-0.25, -0.2) is 13.9 Å². The molecule has 0 aliphatic rings. The summed E-state index contributed by atoms with van der Waals surface area (Å²) in [6, 6.07) is 10.6. The first kappa shape index (κ1) is 16.8. The molecule has 25 heavy (non-hydrogen) atoms. The number of aromatic nitrogens is 2. The van der Waals surface area contributed by atoms with Crippen molar-refractivity contribution in [3.63, 3.8) is 0 Å². The number of hydrogen-bond acceptors (Lipinski definition) is 4. The second-order valence-electron chi connectivity index (χ2n) is 5.37. The van der Waals surface area contributed by atoms with Gasteiger partial charge in [-0.1, -0.05) is 12.1 Å². The highest BCUT2D eigenvalue weighted by Crippen LogP contribution is 2.19. The Morgan fingerprint density at radius 3 is 2.56 bits per heavy atom. The minimum absolute atomic E-state index is 0.181. The number of rotatable bonds is 5. The third-order valence-electron chi connectivity index (χ3n) is 3.45. The highest BCUT2D eigenvalue weighted by Gasteiger charge is 2.17. The average Bonchev–Trinajstić information content (AvgIpc) is 3.17. The summed E-state index contributed by atoms with van der Waals surface area (Å²) in [5, 5.41) is 15.8. The summed E-state index contributed by atoms with van der Waals surface area (Å²) in [5.74, 6) is -1.63. The van der Waals surface area contributed by atoms with E-state index >= 15 is 0 Å². The molecular weight excluding hydrogens is 345 g/mol. The van der Waals surface area contributed by atoms with Crippen molar-refractivity contribution in [2.45, 2.75) is 13.5 Å². The first-order valence-corrected chi connectivity index (χ1v) is 8.17. The van der Waals surface area contributed by atoms with E-state index in [1.54, 1.807) is 18.2 Å². The number of aryl methyl sites for hydroxylation is 1. The number of hydrogen-bond donors (Lipinski definition) is 2. The molecule has 1 aromatic carbocycles. The number of nitrogens with zero attached hydrogens (tertiary/aromatic N) is 2. The lowest BCUT2D eigenvalue weighted by atomic mass is 10.2. The van der Waals surface area contributed by atoms with Crippen LogP contribution in [-0.4, -0.2) is 26.8 Å². The van der Waals surface area contributed by atoms with E-state index in [9.17, 15) is 14.0 Å². The number of nitrogens with one attached hydrogen (secondary N) is 1. The summed E-state index contributed by atoms with van der Waals surface area (Å²) in [6.45, 7) is 2.09. The summed E-state index contributed by atoms with van der Waals surface area (Å²) in [7, 11) is 0. The Hall–Kier alpha value is -3.00. The van der Waals surface area contributed by atoms with Gasteiger partial charge >= 0.3 is 5.97 Å². The number of amides is 1. The summed E-state index contributed by atoms with van der Waals surface area (Å²) in [6.07, 6.45) is 0. The van der Waals surface area contributed by atoms with Gasteiger partial charge in [-0.05, 0) is 36.8 Å². The molecule has 0 bridgehead atoms. The Balaban J connectivity index is 1.87. The van der Waals surface area contributed by atoms with E-state index in [0.29, 0.717) is 4.88 Å². The van der Waals surface area contributed by atoms with Crippen LogP contribution in [0.15, 0.2) is 42.5 Å². The van der Waals surface area contributed by atoms with Gasteiger partial charge in [0, 0.05) is 10.9 Å². The number of carboxylic acids is 1. The molecule has 1 amide bonds. The molecule has 0 spiro atoms. The van der Waals surface area contributed by atoms with Crippen LogP contribution in [-0.2, 0) is 6.54 Å². The van der Waals surface area contributed by atoms with E-state index in [1.807, 2.05) is 13.0 Å².